The number of ketones is 1. The fourth-order valence-corrected chi connectivity index (χ4v) is 6.56. The highest BCUT2D eigenvalue weighted by molar-refractivity contribution is 7.89. The lowest BCUT2D eigenvalue weighted by Gasteiger charge is -2.45. The summed E-state index contributed by atoms with van der Waals surface area (Å²) in [5.41, 5.74) is 7.49. The van der Waals surface area contributed by atoms with Crippen molar-refractivity contribution in [1.82, 2.24) is 9.29 Å². The number of piperidine rings is 1. The number of hydrogen-bond donors (Lipinski definition) is 1. The number of carbonyl (C=O) groups is 1. The smallest absolute Gasteiger partial charge is 0.243 e. The molecule has 0 bridgehead atoms. The van der Waals surface area contributed by atoms with Gasteiger partial charge in [-0.1, -0.05) is 17.7 Å². The number of aromatic nitrogens is 1. The summed E-state index contributed by atoms with van der Waals surface area (Å²) < 4.78 is 56.2. The van der Waals surface area contributed by atoms with E-state index >= 15 is 0 Å². The van der Waals surface area contributed by atoms with E-state index in [2.05, 4.69) is 9.98 Å². The Labute approximate surface area is 225 Å². The van der Waals surface area contributed by atoms with Crippen molar-refractivity contribution < 1.29 is 22.0 Å². The molecule has 5 rings (SSSR count). The van der Waals surface area contributed by atoms with Crippen molar-refractivity contribution in [2.45, 2.75) is 24.7 Å². The number of fused-ring (bicyclic) bond motifs is 1. The van der Waals surface area contributed by atoms with E-state index in [-0.39, 0.29) is 42.3 Å². The van der Waals surface area contributed by atoms with Crippen molar-refractivity contribution in [1.29, 1.82) is 0 Å². The van der Waals surface area contributed by atoms with Crippen molar-refractivity contribution in [3.8, 4) is 0 Å². The molecule has 1 aliphatic heterocycles. The van der Waals surface area contributed by atoms with E-state index in [0.29, 0.717) is 28.1 Å². The average molecular weight is 549 g/mol. The summed E-state index contributed by atoms with van der Waals surface area (Å²) in [7, 11) is -4.12. The van der Waals surface area contributed by atoms with Crippen LogP contribution in [0.5, 0.6) is 0 Å². The van der Waals surface area contributed by atoms with Gasteiger partial charge in [-0.25, -0.2) is 22.2 Å². The van der Waals surface area contributed by atoms with Crippen LogP contribution < -0.4 is 5.73 Å². The predicted molar refractivity (Wildman–Crippen MR) is 144 cm³/mol. The lowest BCUT2D eigenvalue weighted by atomic mass is 9.64. The molecule has 2 N–H and O–H groups in total. The van der Waals surface area contributed by atoms with Crippen molar-refractivity contribution in [2.75, 3.05) is 13.1 Å². The Kier molecular flexibility index (Phi) is 7.00. The first-order valence-electron chi connectivity index (χ1n) is 12.3. The molecule has 0 spiro atoms. The van der Waals surface area contributed by atoms with Crippen molar-refractivity contribution in [3.05, 3.63) is 113 Å². The molecule has 0 amide bonds. The molecular formula is C29H26F2N4O3S. The van der Waals surface area contributed by atoms with E-state index in [0.717, 1.165) is 6.07 Å². The summed E-state index contributed by atoms with van der Waals surface area (Å²) in [6, 6.07) is 14.4. The number of sulfonamides is 1. The summed E-state index contributed by atoms with van der Waals surface area (Å²) in [5, 5.41) is 0. The normalized spacial score (nSPS) is 22.0. The number of pyridine rings is 1. The minimum atomic E-state index is -4.12. The monoisotopic (exact) mass is 548 g/mol. The lowest BCUT2D eigenvalue weighted by molar-refractivity contribution is 0.0770. The second-order valence-corrected chi connectivity index (χ2v) is 11.6. The van der Waals surface area contributed by atoms with Gasteiger partial charge in [0, 0.05) is 19.3 Å². The number of aryl methyl sites for hydroxylation is 1. The molecule has 1 atom stereocenters. The number of Topliss-reactive ketones (excluding diaryl/α,β-unsaturated/α-hetero) is 1. The highest BCUT2D eigenvalue weighted by atomic mass is 32.2. The number of benzene rings is 2. The molecule has 2 heterocycles. The summed E-state index contributed by atoms with van der Waals surface area (Å²) in [5.74, 6) is -1.36. The third-order valence-corrected chi connectivity index (χ3v) is 9.06. The number of nitrogens with zero attached hydrogens (tertiary/aromatic N) is 3. The highest BCUT2D eigenvalue weighted by Crippen LogP contribution is 2.47. The number of aliphatic imine (C=N–C) groups is 1. The van der Waals surface area contributed by atoms with E-state index in [4.69, 9.17) is 5.73 Å². The highest BCUT2D eigenvalue weighted by Gasteiger charge is 2.51. The van der Waals surface area contributed by atoms with Gasteiger partial charge in [-0.15, -0.1) is 0 Å². The van der Waals surface area contributed by atoms with Crippen LogP contribution in [0, 0.1) is 24.0 Å². The zero-order valence-corrected chi connectivity index (χ0v) is 22.0. The summed E-state index contributed by atoms with van der Waals surface area (Å²) >= 11 is 0. The molecule has 2 aromatic carbocycles. The maximum absolute atomic E-state index is 14.3. The Morgan fingerprint density at radius 3 is 2.56 bits per heavy atom. The predicted octanol–water partition coefficient (Wildman–Crippen LogP) is 4.88. The SMILES string of the molecule is Cc1ccc(S(=O)(=O)N2CCC3=CC(=Nc4ccc(F)cc4)C(=CN)C[C@]3(C(=O)c3ccccn3)C2)cc1F. The van der Waals surface area contributed by atoms with Gasteiger partial charge < -0.3 is 5.73 Å². The van der Waals surface area contributed by atoms with Crippen LogP contribution in [0.15, 0.2) is 100 Å². The first kappa shape index (κ1) is 26.6. The van der Waals surface area contributed by atoms with Crippen molar-refractivity contribution >= 4 is 27.2 Å². The van der Waals surface area contributed by atoms with Crippen molar-refractivity contribution in [2.24, 2.45) is 16.1 Å². The molecular weight excluding hydrogens is 522 g/mol. The zero-order chi connectivity index (χ0) is 27.8. The topological polar surface area (TPSA) is 106 Å². The van der Waals surface area contributed by atoms with Gasteiger partial charge in [0.25, 0.3) is 0 Å². The van der Waals surface area contributed by atoms with Crippen LogP contribution in [0.4, 0.5) is 14.5 Å². The molecule has 39 heavy (non-hydrogen) atoms. The van der Waals surface area contributed by atoms with E-state index in [1.165, 1.54) is 53.1 Å². The minimum absolute atomic E-state index is 0.0824. The van der Waals surface area contributed by atoms with Gasteiger partial charge in [-0.05, 0) is 91.7 Å². The maximum Gasteiger partial charge on any atom is 0.243 e. The minimum Gasteiger partial charge on any atom is -0.404 e. The first-order valence-corrected chi connectivity index (χ1v) is 13.8. The van der Waals surface area contributed by atoms with Crippen LogP contribution in [0.3, 0.4) is 0 Å². The van der Waals surface area contributed by atoms with Crippen LogP contribution in [0.25, 0.3) is 0 Å². The Balaban J connectivity index is 1.61. The second-order valence-electron chi connectivity index (χ2n) is 9.64. The molecule has 10 heteroatoms. The average Bonchev–Trinajstić information content (AvgIpc) is 2.95. The van der Waals surface area contributed by atoms with Gasteiger partial charge in [0.15, 0.2) is 5.78 Å². The molecule has 1 aliphatic carbocycles. The Bertz CT molecular complexity index is 1630. The molecule has 200 valence electrons. The summed E-state index contributed by atoms with van der Waals surface area (Å²) in [6.07, 6.45) is 4.95. The molecule has 0 unspecified atom stereocenters. The van der Waals surface area contributed by atoms with Gasteiger partial charge in [0.2, 0.25) is 10.0 Å². The third-order valence-electron chi connectivity index (χ3n) is 7.21. The summed E-state index contributed by atoms with van der Waals surface area (Å²) in [6.45, 7) is 1.47. The van der Waals surface area contributed by atoms with Crippen LogP contribution in [-0.2, 0) is 10.0 Å². The number of carbonyl (C=O) groups excluding carboxylic acids is 1. The van der Waals surface area contributed by atoms with Crippen LogP contribution in [0.1, 0.15) is 28.9 Å². The van der Waals surface area contributed by atoms with Crippen LogP contribution >= 0.6 is 0 Å². The standard InChI is InChI=1S/C29H26F2N4O3S/c1-19-5-10-24(15-25(19)31)39(37,38)35-13-11-21-14-27(34-23-8-6-22(30)7-9-23)20(17-32)16-29(21,18-35)28(36)26-4-2-3-12-33-26/h2-10,12,14-15,17H,11,13,16,18,32H2,1H3/t29-/m0/s1. The summed E-state index contributed by atoms with van der Waals surface area (Å²) in [4.78, 5) is 22.8. The first-order chi connectivity index (χ1) is 18.6. The van der Waals surface area contributed by atoms with E-state index in [9.17, 15) is 22.0 Å². The second kappa shape index (κ2) is 10.3. The van der Waals surface area contributed by atoms with Crippen molar-refractivity contribution in [3.63, 3.8) is 0 Å². The van der Waals surface area contributed by atoms with Gasteiger partial charge in [-0.3, -0.25) is 9.78 Å². The van der Waals surface area contributed by atoms with Gasteiger partial charge in [0.1, 0.15) is 17.3 Å². The molecule has 0 radical (unpaired) electrons. The zero-order valence-electron chi connectivity index (χ0n) is 21.1. The molecule has 1 aromatic heterocycles. The van der Waals surface area contributed by atoms with E-state index in [1.54, 1.807) is 31.2 Å². The fraction of sp³-hybridized carbons (Fsp3) is 0.207. The Morgan fingerprint density at radius 1 is 1.13 bits per heavy atom. The molecule has 3 aromatic rings. The molecule has 1 fully saturated rings. The molecule has 2 aliphatic rings. The lowest BCUT2D eigenvalue weighted by Crippen LogP contribution is -2.53. The Morgan fingerprint density at radius 2 is 1.90 bits per heavy atom. The molecule has 0 saturated carbocycles. The van der Waals surface area contributed by atoms with Gasteiger partial charge in [-0.2, -0.15) is 4.31 Å². The van der Waals surface area contributed by atoms with Crippen LogP contribution in [0.2, 0.25) is 0 Å². The number of rotatable bonds is 5. The number of allylic oxidation sites excluding steroid dienone is 2. The quantitative estimate of drug-likeness (QED) is 0.458. The molecule has 1 saturated heterocycles. The van der Waals surface area contributed by atoms with E-state index < -0.39 is 27.1 Å². The molecule has 7 nitrogen and oxygen atoms in total. The maximum atomic E-state index is 14.3. The van der Waals surface area contributed by atoms with Gasteiger partial charge in [0.05, 0.1) is 21.7 Å². The number of nitrogens with two attached hydrogens (primary N) is 1. The van der Waals surface area contributed by atoms with E-state index in [1.807, 2.05) is 0 Å². The fourth-order valence-electron chi connectivity index (χ4n) is 5.05. The number of halogens is 2. The third kappa shape index (κ3) is 4.93. The largest absolute Gasteiger partial charge is 0.404 e. The van der Waals surface area contributed by atoms with Crippen LogP contribution in [-0.4, -0.2) is 42.3 Å². The van der Waals surface area contributed by atoms with Gasteiger partial charge >= 0.3 is 0 Å². The Hall–Kier alpha value is -4.02. The number of hydrogen-bond acceptors (Lipinski definition) is 6.